The van der Waals surface area contributed by atoms with Gasteiger partial charge in [-0.15, -0.1) is 13.2 Å². The summed E-state index contributed by atoms with van der Waals surface area (Å²) in [7, 11) is 0. The van der Waals surface area contributed by atoms with Gasteiger partial charge in [0.15, 0.2) is 0 Å². The molecule has 1 atom stereocenters. The highest BCUT2D eigenvalue weighted by atomic mass is 79.9. The summed E-state index contributed by atoms with van der Waals surface area (Å²) in [5, 5.41) is 0. The van der Waals surface area contributed by atoms with Crippen LogP contribution < -0.4 is 4.74 Å². The van der Waals surface area contributed by atoms with E-state index in [9.17, 15) is 13.2 Å². The average molecular weight is 269 g/mol. The SMILES string of the molecule is CC(Br)c1ccc(OC(F)(F)F)cc1. The number of hydrogen-bond acceptors (Lipinski definition) is 1. The predicted molar refractivity (Wildman–Crippen MR) is 50.5 cm³/mol. The molecule has 0 aliphatic carbocycles. The summed E-state index contributed by atoms with van der Waals surface area (Å²) in [6.07, 6.45) is -4.62. The molecule has 0 aromatic heterocycles. The Morgan fingerprint density at radius 2 is 1.71 bits per heavy atom. The summed E-state index contributed by atoms with van der Waals surface area (Å²) in [5.74, 6) is -0.200. The van der Waals surface area contributed by atoms with Crippen molar-refractivity contribution in [2.75, 3.05) is 0 Å². The molecule has 0 radical (unpaired) electrons. The van der Waals surface area contributed by atoms with E-state index in [-0.39, 0.29) is 10.6 Å². The molecule has 1 nitrogen and oxygen atoms in total. The van der Waals surface area contributed by atoms with E-state index in [4.69, 9.17) is 0 Å². The van der Waals surface area contributed by atoms with Crippen molar-refractivity contribution in [3.63, 3.8) is 0 Å². The van der Waals surface area contributed by atoms with Gasteiger partial charge in [0.1, 0.15) is 5.75 Å². The molecule has 1 aromatic rings. The van der Waals surface area contributed by atoms with E-state index >= 15 is 0 Å². The Kier molecular flexibility index (Phi) is 3.42. The Morgan fingerprint density at radius 3 is 2.07 bits per heavy atom. The molecule has 0 heterocycles. The molecule has 5 heteroatoms. The lowest BCUT2D eigenvalue weighted by atomic mass is 10.2. The van der Waals surface area contributed by atoms with Gasteiger partial charge in [-0.05, 0) is 24.6 Å². The number of halogens is 4. The minimum atomic E-state index is -4.62. The molecule has 14 heavy (non-hydrogen) atoms. The van der Waals surface area contributed by atoms with Crippen LogP contribution in [0, 0.1) is 0 Å². The first kappa shape index (κ1) is 11.4. The molecule has 0 spiro atoms. The van der Waals surface area contributed by atoms with Gasteiger partial charge in [-0.3, -0.25) is 0 Å². The number of hydrogen-bond donors (Lipinski definition) is 0. The molecule has 0 aliphatic heterocycles. The van der Waals surface area contributed by atoms with E-state index in [0.717, 1.165) is 5.56 Å². The van der Waals surface area contributed by atoms with Gasteiger partial charge in [0.05, 0.1) is 0 Å². The Balaban J connectivity index is 2.74. The zero-order valence-corrected chi connectivity index (χ0v) is 8.89. The first-order chi connectivity index (χ1) is 6.38. The lowest BCUT2D eigenvalue weighted by molar-refractivity contribution is -0.274. The van der Waals surface area contributed by atoms with Gasteiger partial charge in [0.2, 0.25) is 0 Å². The third-order valence-electron chi connectivity index (χ3n) is 1.57. The fraction of sp³-hybridized carbons (Fsp3) is 0.333. The molecule has 0 N–H and O–H groups in total. The molecule has 0 amide bonds. The maximum Gasteiger partial charge on any atom is 0.573 e. The van der Waals surface area contributed by atoms with Crippen LogP contribution >= 0.6 is 15.9 Å². The van der Waals surface area contributed by atoms with Gasteiger partial charge in [0, 0.05) is 4.83 Å². The molecule has 78 valence electrons. The van der Waals surface area contributed by atoms with E-state index in [1.165, 1.54) is 12.1 Å². The van der Waals surface area contributed by atoms with Crippen LogP contribution in [-0.4, -0.2) is 6.36 Å². The lowest BCUT2D eigenvalue weighted by Gasteiger charge is -2.09. The summed E-state index contributed by atoms with van der Waals surface area (Å²) in [6.45, 7) is 1.89. The first-order valence-electron chi connectivity index (χ1n) is 3.88. The number of benzene rings is 1. The summed E-state index contributed by atoms with van der Waals surface area (Å²) in [4.78, 5) is 0.113. The smallest absolute Gasteiger partial charge is 0.406 e. The molecule has 1 unspecified atom stereocenters. The Hall–Kier alpha value is -0.710. The van der Waals surface area contributed by atoms with Gasteiger partial charge in [-0.1, -0.05) is 28.1 Å². The van der Waals surface area contributed by atoms with E-state index in [0.29, 0.717) is 0 Å². The minimum Gasteiger partial charge on any atom is -0.406 e. The summed E-state index contributed by atoms with van der Waals surface area (Å²) < 4.78 is 39.0. The maximum absolute atomic E-state index is 11.8. The molecule has 1 rings (SSSR count). The third kappa shape index (κ3) is 3.57. The zero-order valence-electron chi connectivity index (χ0n) is 7.31. The second kappa shape index (κ2) is 4.21. The number of rotatable bonds is 2. The largest absolute Gasteiger partial charge is 0.573 e. The van der Waals surface area contributed by atoms with Crippen molar-refractivity contribution in [2.24, 2.45) is 0 Å². The van der Waals surface area contributed by atoms with Gasteiger partial charge in [0.25, 0.3) is 0 Å². The molecule has 0 fully saturated rings. The van der Waals surface area contributed by atoms with E-state index in [1.54, 1.807) is 12.1 Å². The summed E-state index contributed by atoms with van der Waals surface area (Å²) >= 11 is 3.31. The summed E-state index contributed by atoms with van der Waals surface area (Å²) in [5.41, 5.74) is 0.902. The standard InChI is InChI=1S/C9H8BrF3O/c1-6(10)7-2-4-8(5-3-7)14-9(11,12)13/h2-6H,1H3. The maximum atomic E-state index is 11.8. The fourth-order valence-electron chi connectivity index (χ4n) is 0.935. The highest BCUT2D eigenvalue weighted by Gasteiger charge is 2.30. The highest BCUT2D eigenvalue weighted by Crippen LogP contribution is 2.26. The van der Waals surface area contributed by atoms with Crippen LogP contribution in [0.1, 0.15) is 17.3 Å². The Morgan fingerprint density at radius 1 is 1.21 bits per heavy atom. The number of ether oxygens (including phenoxy) is 1. The van der Waals surface area contributed by atoms with Crippen molar-refractivity contribution < 1.29 is 17.9 Å². The van der Waals surface area contributed by atoms with E-state index < -0.39 is 6.36 Å². The molecule has 0 saturated carbocycles. The van der Waals surface area contributed by atoms with Crippen LogP contribution in [-0.2, 0) is 0 Å². The van der Waals surface area contributed by atoms with Crippen molar-refractivity contribution in [1.82, 2.24) is 0 Å². The Bertz CT molecular complexity index is 292. The molecular formula is C9H8BrF3O. The van der Waals surface area contributed by atoms with Crippen LogP contribution in [0.15, 0.2) is 24.3 Å². The second-order valence-corrected chi connectivity index (χ2v) is 4.11. The zero-order chi connectivity index (χ0) is 10.8. The van der Waals surface area contributed by atoms with Crippen molar-refractivity contribution in [3.05, 3.63) is 29.8 Å². The lowest BCUT2D eigenvalue weighted by Crippen LogP contribution is -2.17. The average Bonchev–Trinajstić information content (AvgIpc) is 2.02. The molecule has 1 aromatic carbocycles. The van der Waals surface area contributed by atoms with Crippen molar-refractivity contribution in [3.8, 4) is 5.75 Å². The van der Waals surface area contributed by atoms with E-state index in [2.05, 4.69) is 20.7 Å². The summed E-state index contributed by atoms with van der Waals surface area (Å²) in [6, 6.07) is 5.75. The van der Waals surface area contributed by atoms with Crippen LogP contribution in [0.5, 0.6) is 5.75 Å². The topological polar surface area (TPSA) is 9.23 Å². The first-order valence-corrected chi connectivity index (χ1v) is 4.80. The van der Waals surface area contributed by atoms with Gasteiger partial charge in [-0.25, -0.2) is 0 Å². The van der Waals surface area contributed by atoms with E-state index in [1.807, 2.05) is 6.92 Å². The quantitative estimate of drug-likeness (QED) is 0.736. The predicted octanol–water partition coefficient (Wildman–Crippen LogP) is 4.04. The molecule has 0 aliphatic rings. The van der Waals surface area contributed by atoms with Crippen molar-refractivity contribution in [1.29, 1.82) is 0 Å². The molecular weight excluding hydrogens is 261 g/mol. The van der Waals surface area contributed by atoms with Crippen LogP contribution in [0.3, 0.4) is 0 Å². The molecule has 0 saturated heterocycles. The van der Waals surface area contributed by atoms with Crippen molar-refractivity contribution >= 4 is 15.9 Å². The molecule has 0 bridgehead atoms. The normalized spacial score (nSPS) is 13.8. The second-order valence-electron chi connectivity index (χ2n) is 2.73. The third-order valence-corrected chi connectivity index (χ3v) is 2.10. The Labute approximate surface area is 88.0 Å². The minimum absolute atomic E-state index is 0.113. The van der Waals surface area contributed by atoms with Gasteiger partial charge < -0.3 is 4.74 Å². The monoisotopic (exact) mass is 268 g/mol. The van der Waals surface area contributed by atoms with Crippen LogP contribution in [0.4, 0.5) is 13.2 Å². The fourth-order valence-corrected chi connectivity index (χ4v) is 1.24. The van der Waals surface area contributed by atoms with Gasteiger partial charge >= 0.3 is 6.36 Å². The van der Waals surface area contributed by atoms with Crippen LogP contribution in [0.25, 0.3) is 0 Å². The highest BCUT2D eigenvalue weighted by molar-refractivity contribution is 9.09. The van der Waals surface area contributed by atoms with Crippen molar-refractivity contribution in [2.45, 2.75) is 18.1 Å². The van der Waals surface area contributed by atoms with Crippen LogP contribution in [0.2, 0.25) is 0 Å². The van der Waals surface area contributed by atoms with Gasteiger partial charge in [-0.2, -0.15) is 0 Å². The number of alkyl halides is 4.